The molecule has 0 bridgehead atoms. The first-order valence-corrected chi connectivity index (χ1v) is 10.6. The number of halogens is 2. The number of carbonyl (C=O) groups excluding carboxylic acids is 1. The predicted octanol–water partition coefficient (Wildman–Crippen LogP) is 6.43. The summed E-state index contributed by atoms with van der Waals surface area (Å²) in [5.41, 5.74) is 2.35. The van der Waals surface area contributed by atoms with E-state index < -0.39 is 40.8 Å². The molecule has 0 saturated heterocycles. The lowest BCUT2D eigenvalue weighted by Gasteiger charge is -2.31. The van der Waals surface area contributed by atoms with Crippen LogP contribution in [0.2, 0.25) is 0 Å². The van der Waals surface area contributed by atoms with Crippen LogP contribution in [0.15, 0.2) is 53.6 Å². The van der Waals surface area contributed by atoms with Crippen LogP contribution in [0.25, 0.3) is 0 Å². The number of allylic oxidation sites excluding steroid dienone is 4. The number of phenolic OH excluding ortho intramolecular Hbond substituents is 2. The van der Waals surface area contributed by atoms with Crippen molar-refractivity contribution in [1.82, 2.24) is 0 Å². The Kier molecular flexibility index (Phi) is 7.33. The Morgan fingerprint density at radius 1 is 1.16 bits per heavy atom. The van der Waals surface area contributed by atoms with Gasteiger partial charge in [-0.25, -0.2) is 8.78 Å². The highest BCUT2D eigenvalue weighted by Gasteiger charge is 2.36. The van der Waals surface area contributed by atoms with Crippen LogP contribution >= 0.6 is 0 Å². The second-order valence-corrected chi connectivity index (χ2v) is 8.41. The van der Waals surface area contributed by atoms with E-state index in [1.165, 1.54) is 36.9 Å². The smallest absolute Gasteiger partial charge is 0.174 e. The van der Waals surface area contributed by atoms with Gasteiger partial charge in [-0.2, -0.15) is 0 Å². The number of ketones is 1. The van der Waals surface area contributed by atoms with E-state index >= 15 is 0 Å². The van der Waals surface area contributed by atoms with Crippen LogP contribution in [0.1, 0.15) is 61.4 Å². The Morgan fingerprint density at radius 3 is 2.44 bits per heavy atom. The summed E-state index contributed by atoms with van der Waals surface area (Å²) in [5, 5.41) is 20.7. The molecule has 4 nitrogen and oxygen atoms in total. The molecule has 2 N–H and O–H groups in total. The van der Waals surface area contributed by atoms with Gasteiger partial charge >= 0.3 is 0 Å². The molecule has 1 aliphatic rings. The number of carbonyl (C=O) groups is 1. The van der Waals surface area contributed by atoms with Crippen molar-refractivity contribution in [2.75, 3.05) is 7.11 Å². The molecule has 0 aromatic heterocycles. The highest BCUT2D eigenvalue weighted by atomic mass is 19.1. The van der Waals surface area contributed by atoms with Crippen molar-refractivity contribution >= 4 is 5.78 Å². The molecule has 170 valence electrons. The SMILES string of the molecule is COc1cc(O)c(C(=O)[C@H]2CC=C(CCC=C(C)C)C[C@@H]2c2ccc(F)cc2F)c(O)c1. The number of ether oxygens (including phenoxy) is 1. The number of rotatable bonds is 7. The zero-order valence-corrected chi connectivity index (χ0v) is 18.5. The van der Waals surface area contributed by atoms with E-state index in [2.05, 4.69) is 6.08 Å². The Balaban J connectivity index is 1.99. The number of methoxy groups -OCH3 is 1. The molecule has 0 fully saturated rings. The first-order valence-electron chi connectivity index (χ1n) is 10.6. The van der Waals surface area contributed by atoms with Crippen molar-refractivity contribution in [2.45, 2.75) is 45.4 Å². The van der Waals surface area contributed by atoms with Gasteiger partial charge in [0.15, 0.2) is 5.78 Å². The summed E-state index contributed by atoms with van der Waals surface area (Å²) in [6.07, 6.45) is 6.49. The highest BCUT2D eigenvalue weighted by molar-refractivity contribution is 6.03. The lowest BCUT2D eigenvalue weighted by atomic mass is 9.71. The second-order valence-electron chi connectivity index (χ2n) is 8.41. The minimum Gasteiger partial charge on any atom is -0.507 e. The van der Waals surface area contributed by atoms with E-state index in [0.29, 0.717) is 12.8 Å². The molecule has 2 aromatic rings. The molecular weight excluding hydrogens is 414 g/mol. The molecule has 0 amide bonds. The van der Waals surface area contributed by atoms with E-state index in [0.717, 1.165) is 24.5 Å². The molecule has 0 saturated carbocycles. The molecule has 0 radical (unpaired) electrons. The zero-order valence-electron chi connectivity index (χ0n) is 18.5. The molecule has 0 unspecified atom stereocenters. The lowest BCUT2D eigenvalue weighted by molar-refractivity contribution is 0.0888. The molecule has 0 aliphatic heterocycles. The number of aromatic hydroxyl groups is 2. The summed E-state index contributed by atoms with van der Waals surface area (Å²) in [5.74, 6) is -3.73. The van der Waals surface area contributed by atoms with Gasteiger partial charge < -0.3 is 14.9 Å². The summed E-state index contributed by atoms with van der Waals surface area (Å²) in [6, 6.07) is 5.89. The van der Waals surface area contributed by atoms with Crippen molar-refractivity contribution in [2.24, 2.45) is 5.92 Å². The van der Waals surface area contributed by atoms with Crippen LogP contribution in [-0.4, -0.2) is 23.1 Å². The van der Waals surface area contributed by atoms with Crippen LogP contribution in [-0.2, 0) is 0 Å². The standard InChI is InChI=1S/C26H28F2O4/c1-15(2)5-4-6-16-7-9-20(21(11-16)19-10-8-17(27)12-22(19)28)26(31)25-23(29)13-18(32-3)14-24(25)30/h5,7-8,10,12-14,20-21,29-30H,4,6,9,11H2,1-3H3/t20-,21+/m0/s1. The predicted molar refractivity (Wildman–Crippen MR) is 119 cm³/mol. The fourth-order valence-electron chi connectivity index (χ4n) is 4.28. The fourth-order valence-corrected chi connectivity index (χ4v) is 4.28. The van der Waals surface area contributed by atoms with E-state index in [-0.39, 0.29) is 16.9 Å². The van der Waals surface area contributed by atoms with Crippen molar-refractivity contribution < 1.29 is 28.5 Å². The molecule has 2 atom stereocenters. The van der Waals surface area contributed by atoms with Crippen molar-refractivity contribution in [3.63, 3.8) is 0 Å². The molecule has 2 aromatic carbocycles. The maximum absolute atomic E-state index is 14.7. The van der Waals surface area contributed by atoms with Crippen molar-refractivity contribution in [1.29, 1.82) is 0 Å². The maximum Gasteiger partial charge on any atom is 0.174 e. The monoisotopic (exact) mass is 442 g/mol. The van der Waals surface area contributed by atoms with Crippen molar-refractivity contribution in [3.05, 3.63) is 76.4 Å². The maximum atomic E-state index is 14.7. The molecule has 0 heterocycles. The molecule has 3 rings (SSSR count). The van der Waals surface area contributed by atoms with Crippen LogP contribution < -0.4 is 4.74 Å². The lowest BCUT2D eigenvalue weighted by Crippen LogP contribution is -2.26. The van der Waals surface area contributed by atoms with Crippen LogP contribution in [0.5, 0.6) is 17.2 Å². The number of benzene rings is 2. The summed E-state index contributed by atoms with van der Waals surface area (Å²) >= 11 is 0. The Morgan fingerprint density at radius 2 is 1.84 bits per heavy atom. The summed E-state index contributed by atoms with van der Waals surface area (Å²) in [6.45, 7) is 4.04. The van der Waals surface area contributed by atoms with E-state index in [9.17, 15) is 23.8 Å². The Hall–Kier alpha value is -3.15. The largest absolute Gasteiger partial charge is 0.507 e. The number of Topliss-reactive ketones (excluding diaryl/α,β-unsaturated/α-hetero) is 1. The van der Waals surface area contributed by atoms with Gasteiger partial charge in [0, 0.05) is 30.0 Å². The second kappa shape index (κ2) is 9.98. The molecule has 6 heteroatoms. The number of hydrogen-bond donors (Lipinski definition) is 2. The minimum atomic E-state index is -0.715. The molecule has 1 aliphatic carbocycles. The topological polar surface area (TPSA) is 66.8 Å². The molecular formula is C26H28F2O4. The van der Waals surface area contributed by atoms with Gasteiger partial charge in [0.05, 0.1) is 7.11 Å². The first-order chi connectivity index (χ1) is 15.2. The summed E-state index contributed by atoms with van der Waals surface area (Å²) in [7, 11) is 1.38. The van der Waals surface area contributed by atoms with Gasteiger partial charge in [0.1, 0.15) is 34.4 Å². The van der Waals surface area contributed by atoms with E-state index in [4.69, 9.17) is 4.74 Å². The van der Waals surface area contributed by atoms with Gasteiger partial charge in [-0.05, 0) is 51.2 Å². The highest BCUT2D eigenvalue weighted by Crippen LogP contribution is 2.44. The van der Waals surface area contributed by atoms with Gasteiger partial charge in [-0.1, -0.05) is 29.4 Å². The zero-order chi connectivity index (χ0) is 23.4. The van der Waals surface area contributed by atoms with E-state index in [1.54, 1.807) is 0 Å². The number of hydrogen-bond acceptors (Lipinski definition) is 4. The van der Waals surface area contributed by atoms with Gasteiger partial charge in [-0.15, -0.1) is 0 Å². The number of phenols is 2. The van der Waals surface area contributed by atoms with Gasteiger partial charge in [0.2, 0.25) is 0 Å². The summed E-state index contributed by atoms with van der Waals surface area (Å²) in [4.78, 5) is 13.4. The van der Waals surface area contributed by atoms with Crippen LogP contribution in [0.3, 0.4) is 0 Å². The third-order valence-electron chi connectivity index (χ3n) is 5.90. The normalized spacial score (nSPS) is 18.1. The third-order valence-corrected chi connectivity index (χ3v) is 5.90. The minimum absolute atomic E-state index is 0.211. The fraction of sp³-hybridized carbons (Fsp3) is 0.346. The van der Waals surface area contributed by atoms with Crippen LogP contribution in [0.4, 0.5) is 8.78 Å². The Bertz CT molecular complexity index is 1040. The van der Waals surface area contributed by atoms with Gasteiger partial charge in [0.25, 0.3) is 0 Å². The summed E-state index contributed by atoms with van der Waals surface area (Å²) < 4.78 is 33.3. The first kappa shape index (κ1) is 23.5. The average molecular weight is 443 g/mol. The van der Waals surface area contributed by atoms with E-state index in [1.807, 2.05) is 19.9 Å². The quantitative estimate of drug-likeness (QED) is 0.383. The average Bonchev–Trinajstić information content (AvgIpc) is 2.72. The Labute approximate surface area is 186 Å². The van der Waals surface area contributed by atoms with Crippen molar-refractivity contribution in [3.8, 4) is 17.2 Å². The third kappa shape index (κ3) is 5.18. The van der Waals surface area contributed by atoms with Gasteiger partial charge in [-0.3, -0.25) is 4.79 Å². The molecule has 0 spiro atoms. The van der Waals surface area contributed by atoms with Crippen LogP contribution in [0, 0.1) is 17.6 Å². The molecule has 32 heavy (non-hydrogen) atoms.